The van der Waals surface area contributed by atoms with Crippen LogP contribution in [0, 0.1) is 17.8 Å². The van der Waals surface area contributed by atoms with Crippen molar-refractivity contribution in [2.75, 3.05) is 14.1 Å². The normalized spacial score (nSPS) is 15.9. The van der Waals surface area contributed by atoms with Gasteiger partial charge < -0.3 is 4.90 Å². The highest BCUT2D eigenvalue weighted by Gasteiger charge is 2.19. The van der Waals surface area contributed by atoms with Crippen molar-refractivity contribution in [1.82, 2.24) is 4.90 Å². The predicted octanol–water partition coefficient (Wildman–Crippen LogP) is 7.06. The summed E-state index contributed by atoms with van der Waals surface area (Å²) in [4.78, 5) is 2.29. The molecular formula is C22H43N. The number of hydrogen-bond donors (Lipinski definition) is 0. The summed E-state index contributed by atoms with van der Waals surface area (Å²) in [5.74, 6) is 2.52. The van der Waals surface area contributed by atoms with E-state index in [0.29, 0.717) is 0 Å². The van der Waals surface area contributed by atoms with Gasteiger partial charge in [0.1, 0.15) is 0 Å². The van der Waals surface area contributed by atoms with Crippen LogP contribution in [0.15, 0.2) is 23.4 Å². The highest BCUT2D eigenvalue weighted by Crippen LogP contribution is 2.30. The zero-order chi connectivity index (χ0) is 17.8. The Hall–Kier alpha value is -0.720. The molecule has 0 N–H and O–H groups in total. The minimum Gasteiger partial charge on any atom is -0.381 e. The van der Waals surface area contributed by atoms with E-state index < -0.39 is 0 Å². The molecule has 0 spiro atoms. The molecule has 0 heterocycles. The van der Waals surface area contributed by atoms with Crippen molar-refractivity contribution >= 4 is 0 Å². The van der Waals surface area contributed by atoms with Crippen LogP contribution in [0.4, 0.5) is 0 Å². The van der Waals surface area contributed by atoms with Crippen LogP contribution in [-0.2, 0) is 0 Å². The average Bonchev–Trinajstić information content (AvgIpc) is 2.50. The lowest BCUT2D eigenvalue weighted by Gasteiger charge is -2.27. The summed E-state index contributed by atoms with van der Waals surface area (Å²) in [7, 11) is 4.35. The van der Waals surface area contributed by atoms with Crippen LogP contribution in [-0.4, -0.2) is 19.0 Å². The lowest BCUT2D eigenvalue weighted by molar-refractivity contribution is 0.257. The molecule has 0 aromatic heterocycles. The third kappa shape index (κ3) is 9.89. The minimum atomic E-state index is 0.755. The third-order valence-electron chi connectivity index (χ3n) is 5.15. The summed E-state index contributed by atoms with van der Waals surface area (Å²) < 4.78 is 0. The molecule has 0 aromatic carbocycles. The van der Waals surface area contributed by atoms with E-state index in [1.807, 2.05) is 0 Å². The Morgan fingerprint density at radius 1 is 0.957 bits per heavy atom. The second kappa shape index (κ2) is 12.7. The van der Waals surface area contributed by atoms with Gasteiger partial charge in [-0.3, -0.25) is 0 Å². The zero-order valence-corrected chi connectivity index (χ0v) is 17.3. The average molecular weight is 322 g/mol. The van der Waals surface area contributed by atoms with Crippen LogP contribution >= 0.6 is 0 Å². The van der Waals surface area contributed by atoms with Crippen LogP contribution in [0.25, 0.3) is 0 Å². The molecule has 1 nitrogen and oxygen atoms in total. The van der Waals surface area contributed by atoms with E-state index in [1.165, 1.54) is 49.8 Å². The Morgan fingerprint density at radius 2 is 1.52 bits per heavy atom. The van der Waals surface area contributed by atoms with Crippen molar-refractivity contribution in [1.29, 1.82) is 0 Å². The van der Waals surface area contributed by atoms with Crippen molar-refractivity contribution in [3.8, 4) is 0 Å². The number of hydrogen-bond acceptors (Lipinski definition) is 1. The van der Waals surface area contributed by atoms with Crippen molar-refractivity contribution in [2.45, 2.75) is 86.5 Å². The van der Waals surface area contributed by atoms with Crippen molar-refractivity contribution < 1.29 is 0 Å². The molecule has 23 heavy (non-hydrogen) atoms. The summed E-state index contributed by atoms with van der Waals surface area (Å²) in [6, 6.07) is 0. The van der Waals surface area contributed by atoms with E-state index in [9.17, 15) is 0 Å². The summed E-state index contributed by atoms with van der Waals surface area (Å²) in [5.41, 5.74) is 2.91. The first-order valence-electron chi connectivity index (χ1n) is 9.89. The van der Waals surface area contributed by atoms with Gasteiger partial charge in [-0.25, -0.2) is 0 Å². The van der Waals surface area contributed by atoms with Gasteiger partial charge in [-0.05, 0) is 50.0 Å². The van der Waals surface area contributed by atoms with Gasteiger partial charge in [0.2, 0.25) is 0 Å². The number of nitrogens with zero attached hydrogens (tertiary/aromatic N) is 1. The fourth-order valence-corrected chi connectivity index (χ4v) is 3.48. The first-order valence-corrected chi connectivity index (χ1v) is 9.89. The highest BCUT2D eigenvalue weighted by atomic mass is 15.1. The largest absolute Gasteiger partial charge is 0.381 e. The van der Waals surface area contributed by atoms with Crippen molar-refractivity contribution in [3.63, 3.8) is 0 Å². The van der Waals surface area contributed by atoms with Gasteiger partial charge >= 0.3 is 0 Å². The summed E-state index contributed by atoms with van der Waals surface area (Å²) in [6.07, 6.45) is 13.8. The lowest BCUT2D eigenvalue weighted by atomic mass is 9.80. The van der Waals surface area contributed by atoms with E-state index in [1.54, 1.807) is 0 Å². The Bertz CT molecular complexity index is 345. The van der Waals surface area contributed by atoms with Crippen LogP contribution in [0.1, 0.15) is 86.5 Å². The standard InChI is InChI=1S/C22H43N/c1-9-12-21(13-10-2)20(6)16-19(5)17-22(23(7)8)15-14-18(4)11-3/h14-15,19-21H,9-13,16-17H2,1-8H3. The molecule has 0 saturated carbocycles. The minimum absolute atomic E-state index is 0.755. The molecule has 0 aliphatic carbocycles. The molecule has 0 rings (SSSR count). The molecule has 2 atom stereocenters. The van der Waals surface area contributed by atoms with Crippen LogP contribution in [0.3, 0.4) is 0 Å². The fourth-order valence-electron chi connectivity index (χ4n) is 3.48. The molecule has 2 unspecified atom stereocenters. The highest BCUT2D eigenvalue weighted by molar-refractivity contribution is 5.16. The van der Waals surface area contributed by atoms with Crippen molar-refractivity contribution in [2.24, 2.45) is 17.8 Å². The monoisotopic (exact) mass is 321 g/mol. The van der Waals surface area contributed by atoms with Crippen LogP contribution in [0.2, 0.25) is 0 Å². The molecule has 0 amide bonds. The van der Waals surface area contributed by atoms with Gasteiger partial charge in [0, 0.05) is 19.8 Å². The molecule has 136 valence electrons. The van der Waals surface area contributed by atoms with E-state index in [-0.39, 0.29) is 0 Å². The Balaban J connectivity index is 4.71. The SMILES string of the molecule is CCCC(CCC)C(C)CC(C)CC(=CC=C(C)CC)N(C)C. The van der Waals surface area contributed by atoms with E-state index in [4.69, 9.17) is 0 Å². The van der Waals surface area contributed by atoms with E-state index in [2.05, 4.69) is 72.7 Å². The lowest BCUT2D eigenvalue weighted by Crippen LogP contribution is -2.18. The van der Waals surface area contributed by atoms with Crippen molar-refractivity contribution in [3.05, 3.63) is 23.4 Å². The second-order valence-corrected chi connectivity index (χ2v) is 7.78. The number of allylic oxidation sites excluding steroid dienone is 4. The topological polar surface area (TPSA) is 3.24 Å². The zero-order valence-electron chi connectivity index (χ0n) is 17.3. The van der Waals surface area contributed by atoms with Crippen LogP contribution < -0.4 is 0 Å². The van der Waals surface area contributed by atoms with E-state index in [0.717, 1.165) is 24.2 Å². The smallest absolute Gasteiger partial charge is 0.0130 e. The van der Waals surface area contributed by atoms with Gasteiger partial charge in [-0.15, -0.1) is 0 Å². The Morgan fingerprint density at radius 3 is 1.96 bits per heavy atom. The Labute approximate surface area is 147 Å². The van der Waals surface area contributed by atoms with Gasteiger partial charge in [0.05, 0.1) is 0 Å². The molecule has 0 bridgehead atoms. The van der Waals surface area contributed by atoms with Gasteiger partial charge in [-0.1, -0.05) is 72.0 Å². The van der Waals surface area contributed by atoms with Gasteiger partial charge in [-0.2, -0.15) is 0 Å². The molecule has 1 heteroatoms. The summed E-state index contributed by atoms with van der Waals surface area (Å²) in [5, 5.41) is 0. The first-order chi connectivity index (χ1) is 10.8. The molecule has 0 aliphatic rings. The maximum absolute atomic E-state index is 2.48. The van der Waals surface area contributed by atoms with Gasteiger partial charge in [0.25, 0.3) is 0 Å². The fraction of sp³-hybridized carbons (Fsp3) is 0.818. The quantitative estimate of drug-likeness (QED) is 0.348. The maximum atomic E-state index is 2.48. The predicted molar refractivity (Wildman–Crippen MR) is 107 cm³/mol. The molecule has 0 aromatic rings. The first kappa shape index (κ1) is 22.3. The second-order valence-electron chi connectivity index (χ2n) is 7.78. The third-order valence-corrected chi connectivity index (χ3v) is 5.15. The molecule has 0 radical (unpaired) electrons. The van der Waals surface area contributed by atoms with Crippen LogP contribution in [0.5, 0.6) is 0 Å². The molecule has 0 saturated heterocycles. The summed E-state index contributed by atoms with van der Waals surface area (Å²) in [6.45, 7) is 14.0. The molecular weight excluding hydrogens is 278 g/mol. The molecule has 0 aliphatic heterocycles. The number of rotatable bonds is 12. The van der Waals surface area contributed by atoms with E-state index >= 15 is 0 Å². The Kier molecular flexibility index (Phi) is 12.3. The maximum Gasteiger partial charge on any atom is 0.0130 e. The van der Waals surface area contributed by atoms with Gasteiger partial charge in [0.15, 0.2) is 0 Å². The summed E-state index contributed by atoms with van der Waals surface area (Å²) >= 11 is 0. The molecule has 0 fully saturated rings.